The van der Waals surface area contributed by atoms with Gasteiger partial charge in [0.2, 0.25) is 5.91 Å². The van der Waals surface area contributed by atoms with Gasteiger partial charge in [-0.3, -0.25) is 4.79 Å². The van der Waals surface area contributed by atoms with Gasteiger partial charge in [0.1, 0.15) is 6.29 Å². The standard InChI is InChI=1S/C21H22Cl2N2O2/c1-2-25-9-8-21(13-26,17-7-6-16(23)11-19(17)24)18(12-20(25)27)14-4-3-5-15(22)10-14/h3-7,10-11,13,18H,2,8-9,12,24H2,1H3/t18-,21-/m0/s1. The molecule has 0 spiro atoms. The first-order chi connectivity index (χ1) is 12.9. The van der Waals surface area contributed by atoms with Crippen molar-refractivity contribution in [3.05, 3.63) is 63.6 Å². The zero-order valence-corrected chi connectivity index (χ0v) is 16.6. The molecule has 2 aromatic carbocycles. The fraction of sp³-hybridized carbons (Fsp3) is 0.333. The fourth-order valence-electron chi connectivity index (χ4n) is 4.06. The third kappa shape index (κ3) is 3.69. The molecule has 1 aliphatic rings. The Morgan fingerprint density at radius 2 is 1.96 bits per heavy atom. The molecular formula is C21H22Cl2N2O2. The van der Waals surface area contributed by atoms with Gasteiger partial charge in [0.25, 0.3) is 0 Å². The highest BCUT2D eigenvalue weighted by atomic mass is 35.5. The maximum atomic E-state index is 12.8. The van der Waals surface area contributed by atoms with Gasteiger partial charge in [-0.05, 0) is 48.7 Å². The lowest BCUT2D eigenvalue weighted by Crippen LogP contribution is -2.37. The van der Waals surface area contributed by atoms with E-state index in [0.29, 0.717) is 40.8 Å². The van der Waals surface area contributed by atoms with Crippen molar-refractivity contribution >= 4 is 41.1 Å². The summed E-state index contributed by atoms with van der Waals surface area (Å²) in [5, 5.41) is 1.08. The van der Waals surface area contributed by atoms with E-state index in [4.69, 9.17) is 28.9 Å². The minimum absolute atomic E-state index is 0.0266. The van der Waals surface area contributed by atoms with E-state index in [1.54, 1.807) is 29.2 Å². The number of likely N-dealkylation sites (tertiary alicyclic amines) is 1. The van der Waals surface area contributed by atoms with Crippen LogP contribution < -0.4 is 5.73 Å². The van der Waals surface area contributed by atoms with Crippen LogP contribution >= 0.6 is 23.2 Å². The average Bonchev–Trinajstić information content (AvgIpc) is 2.78. The van der Waals surface area contributed by atoms with Crippen LogP contribution in [-0.2, 0) is 15.0 Å². The molecule has 0 aliphatic carbocycles. The van der Waals surface area contributed by atoms with E-state index in [1.165, 1.54) is 0 Å². The van der Waals surface area contributed by atoms with Gasteiger partial charge in [0.05, 0.1) is 5.41 Å². The van der Waals surface area contributed by atoms with Crippen molar-refractivity contribution in [3.8, 4) is 0 Å². The monoisotopic (exact) mass is 404 g/mol. The molecule has 0 bridgehead atoms. The molecule has 142 valence electrons. The lowest BCUT2D eigenvalue weighted by Gasteiger charge is -2.36. The van der Waals surface area contributed by atoms with E-state index < -0.39 is 5.41 Å². The number of nitrogens with zero attached hydrogens (tertiary/aromatic N) is 1. The first kappa shape index (κ1) is 19.7. The summed E-state index contributed by atoms with van der Waals surface area (Å²) >= 11 is 12.3. The minimum atomic E-state index is -0.932. The number of hydrogen-bond acceptors (Lipinski definition) is 3. The maximum absolute atomic E-state index is 12.8. The first-order valence-electron chi connectivity index (χ1n) is 8.96. The Bertz CT molecular complexity index is 871. The second-order valence-electron chi connectivity index (χ2n) is 6.92. The van der Waals surface area contributed by atoms with E-state index in [0.717, 1.165) is 11.8 Å². The molecule has 1 aliphatic heterocycles. The number of carbonyl (C=O) groups excluding carboxylic acids is 2. The van der Waals surface area contributed by atoms with Crippen LogP contribution in [0.3, 0.4) is 0 Å². The van der Waals surface area contributed by atoms with E-state index in [9.17, 15) is 9.59 Å². The highest BCUT2D eigenvalue weighted by Gasteiger charge is 2.46. The lowest BCUT2D eigenvalue weighted by molar-refractivity contribution is -0.130. The van der Waals surface area contributed by atoms with Gasteiger partial charge in [0, 0.05) is 41.2 Å². The molecule has 2 atom stereocenters. The summed E-state index contributed by atoms with van der Waals surface area (Å²) in [5.74, 6) is -0.333. The summed E-state index contributed by atoms with van der Waals surface area (Å²) in [5.41, 5.74) is 7.36. The third-order valence-corrected chi connectivity index (χ3v) is 5.98. The van der Waals surface area contributed by atoms with E-state index in [-0.39, 0.29) is 18.2 Å². The predicted octanol–water partition coefficient (Wildman–Crippen LogP) is 4.44. The molecule has 0 unspecified atom stereocenters. The summed E-state index contributed by atoms with van der Waals surface area (Å²) in [6.45, 7) is 3.04. The Morgan fingerprint density at radius 1 is 1.22 bits per heavy atom. The largest absolute Gasteiger partial charge is 0.398 e. The van der Waals surface area contributed by atoms with Crippen molar-refractivity contribution in [2.45, 2.75) is 31.1 Å². The Balaban J connectivity index is 2.22. The van der Waals surface area contributed by atoms with Crippen molar-refractivity contribution in [2.75, 3.05) is 18.8 Å². The van der Waals surface area contributed by atoms with Gasteiger partial charge in [-0.1, -0.05) is 41.4 Å². The Labute approximate surface area is 169 Å². The molecular weight excluding hydrogens is 383 g/mol. The molecule has 3 rings (SSSR count). The number of anilines is 1. The van der Waals surface area contributed by atoms with Crippen molar-refractivity contribution in [2.24, 2.45) is 0 Å². The molecule has 0 saturated carbocycles. The number of hydrogen-bond donors (Lipinski definition) is 1. The maximum Gasteiger partial charge on any atom is 0.223 e. The average molecular weight is 405 g/mol. The molecule has 2 N–H and O–H groups in total. The first-order valence-corrected chi connectivity index (χ1v) is 9.72. The SMILES string of the molecule is CCN1CC[C@](C=O)(c2ccc(Cl)cc2N)[C@H](c2cccc(Cl)c2)CC1=O. The van der Waals surface area contributed by atoms with Crippen LogP contribution in [0.4, 0.5) is 5.69 Å². The quantitative estimate of drug-likeness (QED) is 0.604. The molecule has 0 aromatic heterocycles. The van der Waals surface area contributed by atoms with Crippen LogP contribution in [0.1, 0.15) is 36.8 Å². The normalized spacial score (nSPS) is 23.1. The predicted molar refractivity (Wildman–Crippen MR) is 109 cm³/mol. The summed E-state index contributed by atoms with van der Waals surface area (Å²) < 4.78 is 0. The Hall–Kier alpha value is -2.04. The van der Waals surface area contributed by atoms with Crippen LogP contribution in [0.25, 0.3) is 0 Å². The summed E-state index contributed by atoms with van der Waals surface area (Å²) in [6.07, 6.45) is 1.65. The second kappa shape index (κ2) is 7.91. The third-order valence-electron chi connectivity index (χ3n) is 5.51. The Morgan fingerprint density at radius 3 is 2.59 bits per heavy atom. The number of rotatable bonds is 4. The number of nitrogens with two attached hydrogens (primary N) is 1. The molecule has 4 nitrogen and oxygen atoms in total. The number of aldehydes is 1. The van der Waals surface area contributed by atoms with Crippen molar-refractivity contribution < 1.29 is 9.59 Å². The van der Waals surface area contributed by atoms with Gasteiger partial charge < -0.3 is 15.4 Å². The molecule has 2 aromatic rings. The Kier molecular flexibility index (Phi) is 5.78. The highest BCUT2D eigenvalue weighted by Crippen LogP contribution is 2.47. The molecule has 1 amide bonds. The topological polar surface area (TPSA) is 63.4 Å². The molecule has 1 heterocycles. The smallest absolute Gasteiger partial charge is 0.223 e. The summed E-state index contributed by atoms with van der Waals surface area (Å²) in [6, 6.07) is 12.5. The fourth-order valence-corrected chi connectivity index (χ4v) is 4.44. The van der Waals surface area contributed by atoms with E-state index in [2.05, 4.69) is 0 Å². The minimum Gasteiger partial charge on any atom is -0.398 e. The van der Waals surface area contributed by atoms with Crippen LogP contribution in [0, 0.1) is 0 Å². The zero-order chi connectivity index (χ0) is 19.6. The number of benzene rings is 2. The van der Waals surface area contributed by atoms with Gasteiger partial charge in [-0.2, -0.15) is 0 Å². The van der Waals surface area contributed by atoms with Crippen molar-refractivity contribution in [3.63, 3.8) is 0 Å². The van der Waals surface area contributed by atoms with Crippen LogP contribution in [0.2, 0.25) is 10.0 Å². The molecule has 1 fully saturated rings. The van der Waals surface area contributed by atoms with Crippen LogP contribution in [0.5, 0.6) is 0 Å². The van der Waals surface area contributed by atoms with Gasteiger partial charge in [0.15, 0.2) is 0 Å². The highest BCUT2D eigenvalue weighted by molar-refractivity contribution is 6.31. The lowest BCUT2D eigenvalue weighted by atomic mass is 9.65. The van der Waals surface area contributed by atoms with Gasteiger partial charge in [-0.25, -0.2) is 0 Å². The van der Waals surface area contributed by atoms with Crippen LogP contribution in [-0.4, -0.2) is 30.2 Å². The molecule has 0 radical (unpaired) electrons. The van der Waals surface area contributed by atoms with Gasteiger partial charge in [-0.15, -0.1) is 0 Å². The van der Waals surface area contributed by atoms with E-state index >= 15 is 0 Å². The number of carbonyl (C=O) groups is 2. The summed E-state index contributed by atoms with van der Waals surface area (Å²) in [7, 11) is 0. The molecule has 6 heteroatoms. The van der Waals surface area contributed by atoms with Gasteiger partial charge >= 0.3 is 0 Å². The second-order valence-corrected chi connectivity index (χ2v) is 7.80. The number of amides is 1. The molecule has 1 saturated heterocycles. The zero-order valence-electron chi connectivity index (χ0n) is 15.1. The summed E-state index contributed by atoms with van der Waals surface area (Å²) in [4.78, 5) is 27.2. The number of halogens is 2. The van der Waals surface area contributed by atoms with Crippen molar-refractivity contribution in [1.29, 1.82) is 0 Å². The van der Waals surface area contributed by atoms with Crippen LogP contribution in [0.15, 0.2) is 42.5 Å². The molecule has 27 heavy (non-hydrogen) atoms. The number of nitrogen functional groups attached to an aromatic ring is 1. The van der Waals surface area contributed by atoms with Crippen molar-refractivity contribution in [1.82, 2.24) is 4.90 Å². The van der Waals surface area contributed by atoms with E-state index in [1.807, 2.05) is 25.1 Å².